The van der Waals surface area contributed by atoms with Crippen LogP contribution < -0.4 is 5.56 Å². The topological polar surface area (TPSA) is 62.8 Å². The molecule has 0 aliphatic rings. The molecule has 23 heavy (non-hydrogen) atoms. The lowest BCUT2D eigenvalue weighted by Gasteiger charge is -2.01. The number of nitrogens with zero attached hydrogens (tertiary/aromatic N) is 1. The maximum Gasteiger partial charge on any atom is 0.259 e. The molecule has 0 unspecified atom stereocenters. The Morgan fingerprint density at radius 2 is 2.04 bits per heavy atom. The Kier molecular flexibility index (Phi) is 4.70. The number of thiophene rings is 2. The number of H-pyrrole nitrogens is 1. The van der Waals surface area contributed by atoms with Crippen LogP contribution in [0.25, 0.3) is 10.2 Å². The van der Waals surface area contributed by atoms with Gasteiger partial charge in [0.15, 0.2) is 5.78 Å². The van der Waals surface area contributed by atoms with Crippen molar-refractivity contribution in [3.8, 4) is 0 Å². The molecule has 3 rings (SSSR count). The van der Waals surface area contributed by atoms with E-state index in [0.29, 0.717) is 22.7 Å². The average Bonchev–Trinajstić information content (AvgIpc) is 3.04. The molecule has 0 saturated carbocycles. The van der Waals surface area contributed by atoms with E-state index in [1.165, 1.54) is 23.1 Å². The second kappa shape index (κ2) is 6.59. The third kappa shape index (κ3) is 3.41. The highest BCUT2D eigenvalue weighted by molar-refractivity contribution is 7.99. The van der Waals surface area contributed by atoms with Crippen molar-refractivity contribution in [1.29, 1.82) is 0 Å². The zero-order valence-corrected chi connectivity index (χ0v) is 15.5. The van der Waals surface area contributed by atoms with E-state index < -0.39 is 0 Å². The highest BCUT2D eigenvalue weighted by atomic mass is 32.2. The van der Waals surface area contributed by atoms with Gasteiger partial charge in [-0.3, -0.25) is 9.59 Å². The number of aromatic amines is 1. The molecule has 7 heteroatoms. The van der Waals surface area contributed by atoms with Gasteiger partial charge in [0.25, 0.3) is 5.56 Å². The van der Waals surface area contributed by atoms with Gasteiger partial charge in [0, 0.05) is 9.75 Å². The summed E-state index contributed by atoms with van der Waals surface area (Å²) in [6, 6.07) is 3.82. The number of hydrogen-bond acceptors (Lipinski definition) is 6. The molecule has 0 radical (unpaired) electrons. The van der Waals surface area contributed by atoms with Gasteiger partial charge >= 0.3 is 0 Å². The lowest BCUT2D eigenvalue weighted by Crippen LogP contribution is -2.11. The van der Waals surface area contributed by atoms with Crippen LogP contribution in [-0.4, -0.2) is 21.5 Å². The molecule has 1 N–H and O–H groups in total. The van der Waals surface area contributed by atoms with Gasteiger partial charge in [-0.15, -0.1) is 34.4 Å². The molecule has 120 valence electrons. The van der Waals surface area contributed by atoms with E-state index >= 15 is 0 Å². The lowest BCUT2D eigenvalue weighted by atomic mass is 10.2. The van der Waals surface area contributed by atoms with Crippen LogP contribution >= 0.6 is 34.4 Å². The van der Waals surface area contributed by atoms with Crippen molar-refractivity contribution in [2.45, 2.75) is 26.5 Å². The molecule has 3 heterocycles. The molecule has 0 bridgehead atoms. The minimum absolute atomic E-state index is 0.0901. The molecule has 0 fully saturated rings. The second-order valence-corrected chi connectivity index (χ2v) is 8.78. The van der Waals surface area contributed by atoms with E-state index in [1.54, 1.807) is 11.3 Å². The third-order valence-electron chi connectivity index (χ3n) is 3.58. The van der Waals surface area contributed by atoms with E-state index in [-0.39, 0.29) is 11.3 Å². The van der Waals surface area contributed by atoms with Crippen LogP contribution in [-0.2, 0) is 5.75 Å². The van der Waals surface area contributed by atoms with Crippen LogP contribution in [0.5, 0.6) is 0 Å². The zero-order valence-electron chi connectivity index (χ0n) is 13.1. The molecule has 0 amide bonds. The first-order valence-electron chi connectivity index (χ1n) is 7.12. The number of rotatable bonds is 5. The minimum Gasteiger partial charge on any atom is -0.309 e. The fourth-order valence-corrected chi connectivity index (χ4v) is 4.98. The normalized spacial score (nSPS) is 11.3. The second-order valence-electron chi connectivity index (χ2n) is 5.30. The highest BCUT2D eigenvalue weighted by Gasteiger charge is 2.13. The number of Topliss-reactive ketones (excluding diaryl/α,β-unsaturated/α-hetero) is 1. The Morgan fingerprint density at radius 1 is 1.26 bits per heavy atom. The Hall–Kier alpha value is -1.44. The summed E-state index contributed by atoms with van der Waals surface area (Å²) in [4.78, 5) is 35.4. The first kappa shape index (κ1) is 16.4. The first-order chi connectivity index (χ1) is 11.0. The molecule has 0 atom stereocenters. The summed E-state index contributed by atoms with van der Waals surface area (Å²) in [6.07, 6.45) is 0. The predicted octanol–water partition coefficient (Wildman–Crippen LogP) is 4.09. The average molecular weight is 365 g/mol. The van der Waals surface area contributed by atoms with Crippen molar-refractivity contribution in [3.63, 3.8) is 0 Å². The molecular weight excluding hydrogens is 348 g/mol. The lowest BCUT2D eigenvalue weighted by molar-refractivity contribution is 0.102. The van der Waals surface area contributed by atoms with Crippen LogP contribution in [0, 0.1) is 20.8 Å². The van der Waals surface area contributed by atoms with Gasteiger partial charge in [-0.1, -0.05) is 0 Å². The Labute approximate surface area is 146 Å². The highest BCUT2D eigenvalue weighted by Crippen LogP contribution is 2.26. The molecule has 0 spiro atoms. The van der Waals surface area contributed by atoms with Gasteiger partial charge in [-0.05, 0) is 38.5 Å². The van der Waals surface area contributed by atoms with Crippen LogP contribution in [0.15, 0.2) is 16.9 Å². The van der Waals surface area contributed by atoms with Gasteiger partial charge in [0.1, 0.15) is 10.7 Å². The van der Waals surface area contributed by atoms with Gasteiger partial charge in [0.2, 0.25) is 0 Å². The summed E-state index contributed by atoms with van der Waals surface area (Å²) in [5.74, 6) is 1.67. The van der Waals surface area contributed by atoms with Crippen molar-refractivity contribution in [3.05, 3.63) is 48.5 Å². The summed E-state index contributed by atoms with van der Waals surface area (Å²) in [7, 11) is 0. The monoisotopic (exact) mass is 364 g/mol. The van der Waals surface area contributed by atoms with E-state index in [0.717, 1.165) is 25.0 Å². The van der Waals surface area contributed by atoms with Crippen LogP contribution in [0.1, 0.15) is 30.8 Å². The number of hydrogen-bond donors (Lipinski definition) is 1. The first-order valence-corrected chi connectivity index (χ1v) is 9.90. The largest absolute Gasteiger partial charge is 0.309 e. The molecule has 4 nitrogen and oxygen atoms in total. The number of carbonyl (C=O) groups is 1. The smallest absolute Gasteiger partial charge is 0.259 e. The fourth-order valence-electron chi connectivity index (χ4n) is 2.26. The van der Waals surface area contributed by atoms with E-state index in [2.05, 4.69) is 9.97 Å². The maximum absolute atomic E-state index is 12.2. The van der Waals surface area contributed by atoms with E-state index in [4.69, 9.17) is 0 Å². The van der Waals surface area contributed by atoms with Crippen LogP contribution in [0.4, 0.5) is 0 Å². The van der Waals surface area contributed by atoms with Gasteiger partial charge < -0.3 is 4.98 Å². The number of nitrogens with one attached hydrogen (secondary N) is 1. The number of aryl methyl sites for hydroxylation is 3. The van der Waals surface area contributed by atoms with Crippen LogP contribution in [0.2, 0.25) is 0 Å². The molecule has 0 aromatic carbocycles. The quantitative estimate of drug-likeness (QED) is 0.693. The zero-order chi connectivity index (χ0) is 16.6. The Balaban J connectivity index is 1.70. The summed E-state index contributed by atoms with van der Waals surface area (Å²) >= 11 is 4.53. The number of ketones is 1. The van der Waals surface area contributed by atoms with E-state index in [9.17, 15) is 9.59 Å². The molecule has 0 aliphatic carbocycles. The number of fused-ring (bicyclic) bond motifs is 1. The summed E-state index contributed by atoms with van der Waals surface area (Å²) < 4.78 is 0. The van der Waals surface area contributed by atoms with Crippen molar-refractivity contribution >= 4 is 50.4 Å². The number of aromatic nitrogens is 2. The molecular formula is C16H16N2O2S3. The van der Waals surface area contributed by atoms with Gasteiger partial charge in [-0.25, -0.2) is 4.98 Å². The minimum atomic E-state index is -0.0901. The van der Waals surface area contributed by atoms with Crippen molar-refractivity contribution in [2.75, 3.05) is 5.75 Å². The molecule has 0 aliphatic heterocycles. The SMILES string of the molecule is Cc1ccc(C(=O)CSCc2nc3sc(C)c(C)c3c(=O)[nH]2)s1. The van der Waals surface area contributed by atoms with Crippen molar-refractivity contribution in [2.24, 2.45) is 0 Å². The maximum atomic E-state index is 12.2. The summed E-state index contributed by atoms with van der Waals surface area (Å²) in [6.45, 7) is 5.93. The van der Waals surface area contributed by atoms with Crippen molar-refractivity contribution < 1.29 is 4.79 Å². The summed E-state index contributed by atoms with van der Waals surface area (Å²) in [5.41, 5.74) is 0.911. The molecule has 3 aromatic heterocycles. The number of thioether (sulfide) groups is 1. The van der Waals surface area contributed by atoms with E-state index in [1.807, 2.05) is 32.9 Å². The Bertz CT molecular complexity index is 937. The number of carbonyl (C=O) groups excluding carboxylic acids is 1. The van der Waals surface area contributed by atoms with Gasteiger partial charge in [-0.2, -0.15) is 0 Å². The summed E-state index contributed by atoms with van der Waals surface area (Å²) in [5, 5.41) is 0.686. The predicted molar refractivity (Wildman–Crippen MR) is 99.3 cm³/mol. The standard InChI is InChI=1S/C16H16N2O2S3/c1-8-4-5-12(22-8)11(19)6-21-7-13-17-15(20)14-9(2)10(3)23-16(14)18-13/h4-5H,6-7H2,1-3H3,(H,17,18,20). The molecule has 3 aromatic rings. The third-order valence-corrected chi connectivity index (χ3v) is 6.66. The van der Waals surface area contributed by atoms with Gasteiger partial charge in [0.05, 0.1) is 21.8 Å². The Morgan fingerprint density at radius 3 is 2.74 bits per heavy atom. The fraction of sp³-hybridized carbons (Fsp3) is 0.312. The van der Waals surface area contributed by atoms with Crippen molar-refractivity contribution in [1.82, 2.24) is 9.97 Å². The van der Waals surface area contributed by atoms with Crippen LogP contribution in [0.3, 0.4) is 0 Å². The molecule has 0 saturated heterocycles.